The molecule has 0 radical (unpaired) electrons. The first-order chi connectivity index (χ1) is 30.8. The van der Waals surface area contributed by atoms with Gasteiger partial charge in [0.2, 0.25) is 20.0 Å². The number of carbonyl (C=O) groups excluding carboxylic acids is 1. The van der Waals surface area contributed by atoms with E-state index in [0.717, 1.165) is 93.5 Å². The average Bonchev–Trinajstić information content (AvgIpc) is 4.12. The molecule has 17 nitrogen and oxygen atoms in total. The molecule has 0 aromatic carbocycles. The average molecular weight is 981 g/mol. The van der Waals surface area contributed by atoms with Crippen molar-refractivity contribution in [3.05, 3.63) is 90.1 Å². The second-order valence-corrected chi connectivity index (χ2v) is 23.6. The van der Waals surface area contributed by atoms with Crippen LogP contribution in [0.3, 0.4) is 0 Å². The predicted octanol–water partition coefficient (Wildman–Crippen LogP) is 8.52. The third-order valence-corrected chi connectivity index (χ3v) is 15.0. The standard InChI is InChI=1S/C22H27N5O3S2.C15H20N4.C7H9NO4S2.CH4/c1-13-10-16(15-7-8-15)23-20-12-17(24-27(13)20)19-6-4-5-9-26(19)22(28)21-18(11-14(2)31-21)25-32(3,29)30;1-10-8-13(11-5-6-11)17-15-9-14(18-19(10)15)12-4-2-3-7-16-12;1-4-3-5(8-14(2,11)12)6(13-4)7(9)10;/h10-12,15,19,25H,4-9H2,1-3H3;8-9,11-12,16H,2-7H2,1H3;3,8H,1-2H3,(H,9,10);1H4/t19-;12-;;/m00../s1. The van der Waals surface area contributed by atoms with Crippen molar-refractivity contribution in [2.45, 2.75) is 123 Å². The molecule has 2 atom stereocenters. The maximum absolute atomic E-state index is 13.6. The van der Waals surface area contributed by atoms with Gasteiger partial charge in [0.15, 0.2) is 11.3 Å². The van der Waals surface area contributed by atoms with E-state index in [1.165, 1.54) is 73.7 Å². The minimum absolute atomic E-state index is 0. The maximum atomic E-state index is 13.6. The summed E-state index contributed by atoms with van der Waals surface area (Å²) in [6.07, 6.45) is 13.6. The molecule has 0 spiro atoms. The third-order valence-electron chi connectivity index (χ3n) is 11.7. The number of likely N-dealkylation sites (tertiary alicyclic amines) is 1. The SMILES string of the molecule is C.Cc1cc(C2CC2)nc2cc([C@@H]3CCCCN3)nn12.Cc1cc(NS(C)(=O)=O)c(C(=O)N2CCCC[C@H]2c2cc3nc(C4CC4)cc(C)n3n2)s1.Cc1cc(NS(C)(=O)=O)c(C(=O)O)s1. The number of thiophene rings is 2. The number of nitrogens with one attached hydrogen (secondary N) is 3. The van der Waals surface area contributed by atoms with Gasteiger partial charge in [-0.05, 0) is 116 Å². The molecule has 4 fully saturated rings. The number of aryl methyl sites for hydroxylation is 4. The summed E-state index contributed by atoms with van der Waals surface area (Å²) in [5, 5.41) is 21.9. The minimum Gasteiger partial charge on any atom is -0.477 e. The van der Waals surface area contributed by atoms with E-state index >= 15 is 0 Å². The Morgan fingerprint density at radius 2 is 1.17 bits per heavy atom. The molecule has 6 aromatic rings. The number of fused-ring (bicyclic) bond motifs is 2. The van der Waals surface area contributed by atoms with E-state index in [2.05, 4.69) is 39.9 Å². The lowest BCUT2D eigenvalue weighted by atomic mass is 9.99. The third kappa shape index (κ3) is 11.8. The number of aromatic nitrogens is 6. The number of anilines is 2. The summed E-state index contributed by atoms with van der Waals surface area (Å²) in [5.41, 5.74) is 8.95. The number of nitrogens with zero attached hydrogens (tertiary/aromatic N) is 7. The fourth-order valence-electron chi connectivity index (χ4n) is 8.46. The smallest absolute Gasteiger partial charge is 0.348 e. The largest absolute Gasteiger partial charge is 0.477 e. The summed E-state index contributed by atoms with van der Waals surface area (Å²) in [5.74, 6) is -0.0175. The number of carboxylic acid groups (broad SMARTS) is 1. The van der Waals surface area contributed by atoms with Crippen molar-refractivity contribution >= 4 is 77.3 Å². The number of aromatic carboxylic acids is 1. The zero-order valence-electron chi connectivity index (χ0n) is 37.4. The molecule has 66 heavy (non-hydrogen) atoms. The highest BCUT2D eigenvalue weighted by molar-refractivity contribution is 7.92. The molecule has 4 aliphatic rings. The molecule has 2 saturated heterocycles. The summed E-state index contributed by atoms with van der Waals surface area (Å²) in [6.45, 7) is 9.48. The Hall–Kier alpha value is -4.96. The maximum Gasteiger partial charge on any atom is 0.348 e. The van der Waals surface area contributed by atoms with Crippen molar-refractivity contribution in [2.24, 2.45) is 0 Å². The van der Waals surface area contributed by atoms with E-state index in [1.807, 2.05) is 33.8 Å². The lowest BCUT2D eigenvalue weighted by molar-refractivity contribution is 0.0611. The Balaban J connectivity index is 0.000000162. The lowest BCUT2D eigenvalue weighted by Gasteiger charge is -2.34. The van der Waals surface area contributed by atoms with Gasteiger partial charge in [-0.2, -0.15) is 10.2 Å². The van der Waals surface area contributed by atoms with Crippen LogP contribution < -0.4 is 14.8 Å². The van der Waals surface area contributed by atoms with Crippen LogP contribution in [-0.2, 0) is 20.0 Å². The molecule has 21 heteroatoms. The van der Waals surface area contributed by atoms with Crippen LogP contribution in [0.25, 0.3) is 11.3 Å². The van der Waals surface area contributed by atoms with Crippen molar-refractivity contribution in [3.63, 3.8) is 0 Å². The highest BCUT2D eigenvalue weighted by atomic mass is 32.2. The van der Waals surface area contributed by atoms with E-state index in [9.17, 15) is 26.4 Å². The van der Waals surface area contributed by atoms with Gasteiger partial charge in [0.05, 0.1) is 47.4 Å². The van der Waals surface area contributed by atoms with Crippen LogP contribution in [0.15, 0.2) is 36.4 Å². The molecule has 6 aromatic heterocycles. The van der Waals surface area contributed by atoms with E-state index in [1.54, 1.807) is 13.0 Å². The Bertz CT molecular complexity index is 2980. The van der Waals surface area contributed by atoms with E-state index in [4.69, 9.17) is 25.3 Å². The number of carbonyl (C=O) groups is 2. The molecule has 8 heterocycles. The van der Waals surface area contributed by atoms with Gasteiger partial charge in [0.1, 0.15) is 9.75 Å². The predicted molar refractivity (Wildman–Crippen MR) is 260 cm³/mol. The Morgan fingerprint density at radius 1 is 0.667 bits per heavy atom. The van der Waals surface area contributed by atoms with Crippen LogP contribution in [0.2, 0.25) is 0 Å². The number of carboxylic acids is 1. The number of hydrogen-bond donors (Lipinski definition) is 4. The van der Waals surface area contributed by atoms with Crippen LogP contribution >= 0.6 is 22.7 Å². The van der Waals surface area contributed by atoms with Gasteiger partial charge < -0.3 is 15.3 Å². The molecule has 2 saturated carbocycles. The summed E-state index contributed by atoms with van der Waals surface area (Å²) in [4.78, 5) is 37.8. The first-order valence-electron chi connectivity index (χ1n) is 22.0. The van der Waals surface area contributed by atoms with Gasteiger partial charge >= 0.3 is 5.97 Å². The molecular formula is C45H60N10O7S4. The highest BCUT2D eigenvalue weighted by Gasteiger charge is 2.34. The number of hydrogen-bond acceptors (Lipinski definition) is 13. The number of amides is 1. The highest BCUT2D eigenvalue weighted by Crippen LogP contribution is 2.41. The van der Waals surface area contributed by atoms with Crippen LogP contribution in [0.5, 0.6) is 0 Å². The zero-order valence-corrected chi connectivity index (χ0v) is 40.7. The quantitative estimate of drug-likeness (QED) is 0.101. The Morgan fingerprint density at radius 3 is 1.67 bits per heavy atom. The van der Waals surface area contributed by atoms with Crippen LogP contribution in [0, 0.1) is 27.7 Å². The molecule has 2 aliphatic heterocycles. The summed E-state index contributed by atoms with van der Waals surface area (Å²) >= 11 is 2.35. The first-order valence-corrected chi connectivity index (χ1v) is 27.4. The molecule has 0 bridgehead atoms. The van der Waals surface area contributed by atoms with E-state index in [-0.39, 0.29) is 29.9 Å². The van der Waals surface area contributed by atoms with Crippen molar-refractivity contribution in [3.8, 4) is 0 Å². The molecule has 4 N–H and O–H groups in total. The molecular weight excluding hydrogens is 921 g/mol. The fourth-order valence-corrected chi connectivity index (χ4v) is 11.4. The van der Waals surface area contributed by atoms with Gasteiger partial charge in [-0.25, -0.2) is 40.6 Å². The van der Waals surface area contributed by atoms with Gasteiger partial charge in [-0.15, -0.1) is 22.7 Å². The Labute approximate surface area is 394 Å². The van der Waals surface area contributed by atoms with E-state index in [0.29, 0.717) is 35.0 Å². The molecule has 1 amide bonds. The van der Waals surface area contributed by atoms with E-state index < -0.39 is 26.0 Å². The zero-order chi connectivity index (χ0) is 46.4. The number of sulfonamides is 2. The van der Waals surface area contributed by atoms with Crippen LogP contribution in [0.4, 0.5) is 11.4 Å². The van der Waals surface area contributed by atoms with Gasteiger partial charge in [-0.3, -0.25) is 14.2 Å². The van der Waals surface area contributed by atoms with Gasteiger partial charge in [0, 0.05) is 63.0 Å². The van der Waals surface area contributed by atoms with Crippen molar-refractivity contribution in [1.82, 2.24) is 39.4 Å². The Kier molecular flexibility index (Phi) is 14.6. The summed E-state index contributed by atoms with van der Waals surface area (Å²) in [6, 6.07) is 12.0. The fraction of sp³-hybridized carbons (Fsp3) is 0.511. The lowest BCUT2D eigenvalue weighted by Crippen LogP contribution is -2.38. The molecule has 2 aliphatic carbocycles. The van der Waals surface area contributed by atoms with Crippen molar-refractivity contribution < 1.29 is 31.5 Å². The molecule has 0 unspecified atom stereocenters. The second-order valence-electron chi connectivity index (χ2n) is 17.6. The normalized spacial score (nSPS) is 18.7. The molecule has 356 valence electrons. The minimum atomic E-state index is -3.48. The van der Waals surface area contributed by atoms with Crippen molar-refractivity contribution in [1.29, 1.82) is 0 Å². The topological polar surface area (TPSA) is 222 Å². The van der Waals surface area contributed by atoms with Crippen LogP contribution in [-0.4, -0.2) is 93.5 Å². The van der Waals surface area contributed by atoms with Gasteiger partial charge in [0.25, 0.3) is 5.91 Å². The number of piperidine rings is 2. The monoisotopic (exact) mass is 980 g/mol. The first kappa shape index (κ1) is 49.0. The summed E-state index contributed by atoms with van der Waals surface area (Å²) in [7, 11) is -6.91. The van der Waals surface area contributed by atoms with Crippen LogP contribution in [0.1, 0.15) is 159 Å². The second kappa shape index (κ2) is 19.7. The number of rotatable bonds is 10. The van der Waals surface area contributed by atoms with Crippen molar-refractivity contribution in [2.75, 3.05) is 35.0 Å². The molecule has 10 rings (SSSR count). The van der Waals surface area contributed by atoms with Gasteiger partial charge in [-0.1, -0.05) is 13.8 Å². The summed E-state index contributed by atoms with van der Waals surface area (Å²) < 4.78 is 53.9.